The Balaban J connectivity index is 2.35. The largest absolute Gasteiger partial charge is 0.508 e. The van der Waals surface area contributed by atoms with Crippen LogP contribution in [0.15, 0.2) is 30.8 Å². The van der Waals surface area contributed by atoms with Crippen LogP contribution in [-0.4, -0.2) is 29.1 Å². The van der Waals surface area contributed by atoms with Crippen molar-refractivity contribution >= 4 is 17.1 Å². The first-order chi connectivity index (χ1) is 9.40. The Morgan fingerprint density at radius 2 is 1.90 bits per heavy atom. The SMILES string of the molecule is C=C(O)c1ccc(-c2nc([C@H](C)N(C)C)sc2C)cc1. The average molecular weight is 288 g/mol. The van der Waals surface area contributed by atoms with E-state index in [-0.39, 0.29) is 5.76 Å². The Kier molecular flexibility index (Phi) is 4.26. The number of hydrogen-bond donors (Lipinski definition) is 1. The summed E-state index contributed by atoms with van der Waals surface area (Å²) < 4.78 is 0. The molecule has 3 nitrogen and oxygen atoms in total. The van der Waals surface area contributed by atoms with Crippen molar-refractivity contribution in [3.8, 4) is 11.3 Å². The molecule has 2 rings (SSSR count). The van der Waals surface area contributed by atoms with Crippen LogP contribution in [0.2, 0.25) is 0 Å². The minimum atomic E-state index is 0.0912. The van der Waals surface area contributed by atoms with Crippen LogP contribution in [0.3, 0.4) is 0 Å². The number of aliphatic hydroxyl groups is 1. The van der Waals surface area contributed by atoms with Crippen molar-refractivity contribution in [3.05, 3.63) is 46.3 Å². The van der Waals surface area contributed by atoms with E-state index in [4.69, 9.17) is 4.98 Å². The van der Waals surface area contributed by atoms with E-state index in [2.05, 4.69) is 39.4 Å². The van der Waals surface area contributed by atoms with Crippen molar-refractivity contribution < 1.29 is 5.11 Å². The zero-order valence-corrected chi connectivity index (χ0v) is 13.2. The van der Waals surface area contributed by atoms with Gasteiger partial charge in [-0.15, -0.1) is 11.3 Å². The molecule has 4 heteroatoms. The molecule has 0 saturated heterocycles. The lowest BCUT2D eigenvalue weighted by molar-refractivity contribution is 0.320. The van der Waals surface area contributed by atoms with Crippen LogP contribution in [0, 0.1) is 6.92 Å². The van der Waals surface area contributed by atoms with Crippen LogP contribution >= 0.6 is 11.3 Å². The maximum absolute atomic E-state index is 9.36. The molecule has 0 radical (unpaired) electrons. The van der Waals surface area contributed by atoms with Crippen molar-refractivity contribution in [3.63, 3.8) is 0 Å². The second-order valence-corrected chi connectivity index (χ2v) is 6.36. The lowest BCUT2D eigenvalue weighted by atomic mass is 10.1. The van der Waals surface area contributed by atoms with E-state index in [9.17, 15) is 5.11 Å². The summed E-state index contributed by atoms with van der Waals surface area (Å²) in [6, 6.07) is 7.99. The molecule has 0 amide bonds. The zero-order chi connectivity index (χ0) is 14.9. The van der Waals surface area contributed by atoms with E-state index >= 15 is 0 Å². The zero-order valence-electron chi connectivity index (χ0n) is 12.3. The van der Waals surface area contributed by atoms with Gasteiger partial charge in [-0.05, 0) is 27.9 Å². The quantitative estimate of drug-likeness (QED) is 0.854. The smallest absolute Gasteiger partial charge is 0.115 e. The van der Waals surface area contributed by atoms with Crippen LogP contribution in [0.1, 0.15) is 28.4 Å². The molecule has 1 N–H and O–H groups in total. The van der Waals surface area contributed by atoms with Gasteiger partial charge in [-0.1, -0.05) is 30.8 Å². The highest BCUT2D eigenvalue weighted by Crippen LogP contribution is 2.32. The van der Waals surface area contributed by atoms with Gasteiger partial charge in [0, 0.05) is 16.0 Å². The van der Waals surface area contributed by atoms with Crippen LogP contribution in [0.25, 0.3) is 17.0 Å². The summed E-state index contributed by atoms with van der Waals surface area (Å²) in [7, 11) is 4.12. The predicted molar refractivity (Wildman–Crippen MR) is 86.1 cm³/mol. The van der Waals surface area contributed by atoms with Crippen molar-refractivity contribution in [2.24, 2.45) is 0 Å². The topological polar surface area (TPSA) is 36.4 Å². The number of nitrogens with zero attached hydrogens (tertiary/aromatic N) is 2. The van der Waals surface area contributed by atoms with Crippen molar-refractivity contribution in [1.29, 1.82) is 0 Å². The summed E-state index contributed by atoms with van der Waals surface area (Å²) in [5, 5.41) is 10.5. The van der Waals surface area contributed by atoms with Gasteiger partial charge in [0.2, 0.25) is 0 Å². The first-order valence-electron chi connectivity index (χ1n) is 6.52. The maximum atomic E-state index is 9.36. The fourth-order valence-electron chi connectivity index (χ4n) is 1.90. The average Bonchev–Trinajstić information content (AvgIpc) is 2.79. The molecule has 1 aromatic heterocycles. The molecule has 0 aliphatic carbocycles. The Morgan fingerprint density at radius 1 is 1.30 bits per heavy atom. The van der Waals surface area contributed by atoms with E-state index in [0.717, 1.165) is 21.8 Å². The Labute approximate surface area is 124 Å². The lowest BCUT2D eigenvalue weighted by Crippen LogP contribution is -2.16. The summed E-state index contributed by atoms with van der Waals surface area (Å²) in [5.41, 5.74) is 2.83. The molecular weight excluding hydrogens is 268 g/mol. The van der Waals surface area contributed by atoms with Crippen molar-refractivity contribution in [1.82, 2.24) is 9.88 Å². The molecule has 0 bridgehead atoms. The summed E-state index contributed by atoms with van der Waals surface area (Å²) in [5.74, 6) is 0.0912. The van der Waals surface area contributed by atoms with Gasteiger partial charge in [-0.2, -0.15) is 0 Å². The molecule has 0 unspecified atom stereocenters. The van der Waals surface area contributed by atoms with Gasteiger partial charge in [-0.3, -0.25) is 0 Å². The first kappa shape index (κ1) is 14.8. The number of aromatic nitrogens is 1. The summed E-state index contributed by atoms with van der Waals surface area (Å²) in [4.78, 5) is 8.13. The molecule has 1 atom stereocenters. The van der Waals surface area contributed by atoms with Gasteiger partial charge < -0.3 is 10.0 Å². The number of benzene rings is 1. The number of hydrogen-bond acceptors (Lipinski definition) is 4. The van der Waals surface area contributed by atoms with Crippen LogP contribution in [-0.2, 0) is 0 Å². The fraction of sp³-hybridized carbons (Fsp3) is 0.312. The second kappa shape index (κ2) is 5.77. The van der Waals surface area contributed by atoms with Gasteiger partial charge in [0.15, 0.2) is 0 Å². The van der Waals surface area contributed by atoms with E-state index in [1.165, 1.54) is 4.88 Å². The minimum Gasteiger partial charge on any atom is -0.508 e. The normalized spacial score (nSPS) is 12.7. The molecule has 0 aliphatic rings. The van der Waals surface area contributed by atoms with Crippen molar-refractivity contribution in [2.75, 3.05) is 14.1 Å². The molecule has 1 aromatic carbocycles. The van der Waals surface area contributed by atoms with E-state index in [0.29, 0.717) is 6.04 Å². The molecule has 0 spiro atoms. The molecule has 20 heavy (non-hydrogen) atoms. The summed E-state index contributed by atoms with van der Waals surface area (Å²) in [6.45, 7) is 7.78. The van der Waals surface area contributed by atoms with Gasteiger partial charge in [-0.25, -0.2) is 4.98 Å². The standard InChI is InChI=1S/C16H20N2OS/c1-10(18(4)5)16-17-15(12(3)20-16)14-8-6-13(7-9-14)11(2)19/h6-10,19H,2H2,1,3-5H3/t10-/m0/s1. The third-order valence-corrected chi connectivity index (χ3v) is 4.58. The third-order valence-electron chi connectivity index (χ3n) is 3.44. The highest BCUT2D eigenvalue weighted by molar-refractivity contribution is 7.12. The highest BCUT2D eigenvalue weighted by Gasteiger charge is 2.16. The highest BCUT2D eigenvalue weighted by atomic mass is 32.1. The Morgan fingerprint density at radius 3 is 2.40 bits per heavy atom. The first-order valence-corrected chi connectivity index (χ1v) is 7.34. The maximum Gasteiger partial charge on any atom is 0.115 e. The Hall–Kier alpha value is -1.65. The monoisotopic (exact) mass is 288 g/mol. The van der Waals surface area contributed by atoms with Gasteiger partial charge in [0.05, 0.1) is 11.7 Å². The van der Waals surface area contributed by atoms with Gasteiger partial charge in [0.25, 0.3) is 0 Å². The molecule has 0 saturated carbocycles. The number of aliphatic hydroxyl groups excluding tert-OH is 1. The van der Waals surface area contributed by atoms with E-state index in [1.54, 1.807) is 11.3 Å². The van der Waals surface area contributed by atoms with Crippen LogP contribution in [0.5, 0.6) is 0 Å². The number of aryl methyl sites for hydroxylation is 1. The molecule has 1 heterocycles. The minimum absolute atomic E-state index is 0.0912. The molecule has 106 valence electrons. The van der Waals surface area contributed by atoms with Gasteiger partial charge >= 0.3 is 0 Å². The van der Waals surface area contributed by atoms with E-state index < -0.39 is 0 Å². The Bertz CT molecular complexity index is 614. The molecule has 2 aromatic rings. The van der Waals surface area contributed by atoms with Gasteiger partial charge in [0.1, 0.15) is 10.8 Å². The van der Waals surface area contributed by atoms with E-state index in [1.807, 2.05) is 24.3 Å². The molecule has 0 aliphatic heterocycles. The van der Waals surface area contributed by atoms with Crippen molar-refractivity contribution in [2.45, 2.75) is 19.9 Å². The molecular formula is C16H20N2OS. The molecule has 0 fully saturated rings. The van der Waals surface area contributed by atoms with Crippen LogP contribution in [0.4, 0.5) is 0 Å². The second-order valence-electron chi connectivity index (χ2n) is 5.12. The predicted octanol–water partition coefficient (Wildman–Crippen LogP) is 4.27. The summed E-state index contributed by atoms with van der Waals surface area (Å²) in [6.07, 6.45) is 0. The van der Waals surface area contributed by atoms with Crippen LogP contribution < -0.4 is 0 Å². The fourth-order valence-corrected chi connectivity index (χ4v) is 3.00. The lowest BCUT2D eigenvalue weighted by Gasteiger charge is -2.16. The number of thiazole rings is 1. The number of rotatable bonds is 4. The summed E-state index contributed by atoms with van der Waals surface area (Å²) >= 11 is 1.74. The third kappa shape index (κ3) is 2.92.